The summed E-state index contributed by atoms with van der Waals surface area (Å²) in [5.41, 5.74) is 0. The Balaban J connectivity index is 1.97. The van der Waals surface area contributed by atoms with Crippen LogP contribution in [0.3, 0.4) is 0 Å². The summed E-state index contributed by atoms with van der Waals surface area (Å²) in [7, 11) is -3.49. The molecule has 2 rings (SSSR count). The molecule has 20 heavy (non-hydrogen) atoms. The molecule has 1 N–H and O–H groups in total. The maximum absolute atomic E-state index is 12.8. The third-order valence-corrected chi connectivity index (χ3v) is 5.35. The summed E-state index contributed by atoms with van der Waals surface area (Å²) in [6, 6.07) is 4.51. The monoisotopic (exact) mass is 300 g/mol. The first-order valence-electron chi connectivity index (χ1n) is 6.47. The van der Waals surface area contributed by atoms with Crippen molar-refractivity contribution in [1.29, 1.82) is 0 Å². The van der Waals surface area contributed by atoms with E-state index in [0.29, 0.717) is 6.54 Å². The van der Waals surface area contributed by atoms with Crippen molar-refractivity contribution in [2.24, 2.45) is 0 Å². The number of nitrogens with one attached hydrogen (secondary N) is 1. The minimum Gasteiger partial charge on any atom is -0.338 e. The molecule has 7 heteroatoms. The molecule has 2 amide bonds. The third-order valence-electron chi connectivity index (χ3n) is 3.24. The molecule has 5 nitrogen and oxygen atoms in total. The Morgan fingerprint density at radius 1 is 1.35 bits per heavy atom. The molecule has 0 bridgehead atoms. The van der Waals surface area contributed by atoms with Crippen molar-refractivity contribution in [3.63, 3.8) is 0 Å². The summed E-state index contributed by atoms with van der Waals surface area (Å²) in [5.74, 6) is -0.474. The van der Waals surface area contributed by atoms with E-state index in [-0.39, 0.29) is 24.0 Å². The van der Waals surface area contributed by atoms with Crippen molar-refractivity contribution in [2.75, 3.05) is 19.6 Å². The Kier molecular flexibility index (Phi) is 4.27. The summed E-state index contributed by atoms with van der Waals surface area (Å²) in [5, 5.41) is 2.09. The molecule has 0 atom stereocenters. The zero-order valence-electron chi connectivity index (χ0n) is 11.2. The molecule has 1 saturated heterocycles. The number of amides is 2. The van der Waals surface area contributed by atoms with Crippen LogP contribution in [0.15, 0.2) is 29.2 Å². The van der Waals surface area contributed by atoms with Gasteiger partial charge in [-0.2, -0.15) is 0 Å². The summed E-state index contributed by atoms with van der Waals surface area (Å²) in [6.07, 6.45) is 0.830. The van der Waals surface area contributed by atoms with Gasteiger partial charge in [0.15, 0.2) is 9.84 Å². The van der Waals surface area contributed by atoms with Crippen molar-refractivity contribution in [1.82, 2.24) is 10.2 Å². The quantitative estimate of drug-likeness (QED) is 0.855. The van der Waals surface area contributed by atoms with E-state index in [0.717, 1.165) is 18.6 Å². The summed E-state index contributed by atoms with van der Waals surface area (Å²) < 4.78 is 37.3. The lowest BCUT2D eigenvalue weighted by Crippen LogP contribution is -2.59. The average Bonchev–Trinajstić information content (AvgIpc) is 2.34. The maximum atomic E-state index is 12.8. The number of carbonyl (C=O) groups excluding carboxylic acids is 1. The molecule has 0 spiro atoms. The number of urea groups is 1. The van der Waals surface area contributed by atoms with Gasteiger partial charge >= 0.3 is 6.03 Å². The van der Waals surface area contributed by atoms with E-state index >= 15 is 0 Å². The highest BCUT2D eigenvalue weighted by Crippen LogP contribution is 2.23. The number of hydrogen-bond acceptors (Lipinski definition) is 3. The highest BCUT2D eigenvalue weighted by molar-refractivity contribution is 7.92. The molecule has 0 aromatic heterocycles. The largest absolute Gasteiger partial charge is 0.338 e. The molecule has 0 radical (unpaired) electrons. The highest BCUT2D eigenvalue weighted by Gasteiger charge is 2.40. The Morgan fingerprint density at radius 2 is 1.95 bits per heavy atom. The fraction of sp³-hybridized carbons (Fsp3) is 0.462. The zero-order valence-corrected chi connectivity index (χ0v) is 12.0. The van der Waals surface area contributed by atoms with Crippen molar-refractivity contribution in [2.45, 2.75) is 23.5 Å². The summed E-state index contributed by atoms with van der Waals surface area (Å²) >= 11 is 0. The van der Waals surface area contributed by atoms with Crippen LogP contribution >= 0.6 is 0 Å². The normalized spacial score (nSPS) is 15.8. The fourth-order valence-electron chi connectivity index (χ4n) is 1.96. The second-order valence-corrected chi connectivity index (χ2v) is 6.99. The van der Waals surface area contributed by atoms with Gasteiger partial charge in [-0.3, -0.25) is 0 Å². The Morgan fingerprint density at radius 3 is 2.50 bits per heavy atom. The van der Waals surface area contributed by atoms with Crippen LogP contribution in [0.5, 0.6) is 0 Å². The van der Waals surface area contributed by atoms with E-state index in [9.17, 15) is 17.6 Å². The molecule has 1 aromatic carbocycles. The van der Waals surface area contributed by atoms with Crippen LogP contribution in [0.25, 0.3) is 0 Å². The molecule has 0 unspecified atom stereocenters. The predicted octanol–water partition coefficient (Wildman–Crippen LogP) is 1.40. The second-order valence-electron chi connectivity index (χ2n) is 4.76. The van der Waals surface area contributed by atoms with Gasteiger partial charge in [0.1, 0.15) is 11.1 Å². The lowest BCUT2D eigenvalue weighted by Gasteiger charge is -2.38. The van der Waals surface area contributed by atoms with Crippen LogP contribution < -0.4 is 5.32 Å². The zero-order chi connectivity index (χ0) is 14.8. The van der Waals surface area contributed by atoms with Crippen LogP contribution in [0, 0.1) is 5.82 Å². The first-order valence-corrected chi connectivity index (χ1v) is 8.02. The molecule has 1 aliphatic rings. The Hall–Kier alpha value is -1.63. The molecule has 1 aliphatic heterocycles. The van der Waals surface area contributed by atoms with Crippen LogP contribution in [-0.2, 0) is 9.84 Å². The molecule has 110 valence electrons. The van der Waals surface area contributed by atoms with Gasteiger partial charge in [0, 0.05) is 19.6 Å². The summed E-state index contributed by atoms with van der Waals surface area (Å²) in [6.45, 7) is 2.87. The van der Waals surface area contributed by atoms with Crippen molar-refractivity contribution >= 4 is 15.9 Å². The second kappa shape index (κ2) is 5.78. The van der Waals surface area contributed by atoms with Gasteiger partial charge in [0.25, 0.3) is 0 Å². The number of benzene rings is 1. The smallest absolute Gasteiger partial charge is 0.317 e. The molecule has 1 fully saturated rings. The Bertz CT molecular complexity index is 580. The number of hydrogen-bond donors (Lipinski definition) is 1. The van der Waals surface area contributed by atoms with Crippen molar-refractivity contribution in [3.8, 4) is 0 Å². The van der Waals surface area contributed by atoms with Gasteiger partial charge < -0.3 is 10.2 Å². The maximum Gasteiger partial charge on any atom is 0.317 e. The lowest BCUT2D eigenvalue weighted by molar-refractivity contribution is 0.169. The first kappa shape index (κ1) is 14.8. The first-order chi connectivity index (χ1) is 9.45. The number of halogens is 1. The molecule has 1 aromatic rings. The van der Waals surface area contributed by atoms with Gasteiger partial charge in [0.2, 0.25) is 0 Å². The van der Waals surface area contributed by atoms with Crippen LogP contribution in [0.4, 0.5) is 9.18 Å². The summed E-state index contributed by atoms with van der Waals surface area (Å²) in [4.78, 5) is 13.2. The lowest BCUT2D eigenvalue weighted by atomic mass is 10.2. The molecular weight excluding hydrogens is 283 g/mol. The minimum atomic E-state index is -3.49. The van der Waals surface area contributed by atoms with E-state index in [1.54, 1.807) is 0 Å². The van der Waals surface area contributed by atoms with Gasteiger partial charge in [-0.25, -0.2) is 17.6 Å². The molecule has 1 heterocycles. The highest BCUT2D eigenvalue weighted by atomic mass is 32.2. The average molecular weight is 300 g/mol. The fourth-order valence-corrected chi connectivity index (χ4v) is 3.61. The Labute approximate surface area is 117 Å². The van der Waals surface area contributed by atoms with E-state index in [1.165, 1.54) is 17.0 Å². The molecule has 0 aliphatic carbocycles. The number of likely N-dealkylation sites (tertiary alicyclic amines) is 1. The van der Waals surface area contributed by atoms with Crippen molar-refractivity contribution in [3.05, 3.63) is 30.1 Å². The molecule has 0 saturated carbocycles. The van der Waals surface area contributed by atoms with Gasteiger partial charge in [-0.05, 0) is 30.7 Å². The third kappa shape index (κ3) is 2.92. The van der Waals surface area contributed by atoms with Gasteiger partial charge in [-0.15, -0.1) is 0 Å². The SMILES string of the molecule is CCCNC(=O)N1CC(S(=O)(=O)c2ccc(F)cc2)C1. The number of nitrogens with zero attached hydrogens (tertiary/aromatic N) is 1. The van der Waals surface area contributed by atoms with E-state index in [2.05, 4.69) is 5.32 Å². The van der Waals surface area contributed by atoms with Crippen molar-refractivity contribution < 1.29 is 17.6 Å². The number of rotatable bonds is 4. The standard InChI is InChI=1S/C13H17FN2O3S/c1-2-7-15-13(17)16-8-12(9-16)20(18,19)11-5-3-10(14)4-6-11/h3-6,12H,2,7-9H2,1H3,(H,15,17). The molecular formula is C13H17FN2O3S. The van der Waals surface area contributed by atoms with E-state index in [4.69, 9.17) is 0 Å². The van der Waals surface area contributed by atoms with E-state index in [1.807, 2.05) is 6.92 Å². The van der Waals surface area contributed by atoms with Gasteiger partial charge in [0.05, 0.1) is 4.90 Å². The number of carbonyl (C=O) groups is 1. The van der Waals surface area contributed by atoms with Crippen LogP contribution in [0.2, 0.25) is 0 Å². The topological polar surface area (TPSA) is 66.5 Å². The van der Waals surface area contributed by atoms with Crippen LogP contribution in [0.1, 0.15) is 13.3 Å². The predicted molar refractivity (Wildman–Crippen MR) is 72.6 cm³/mol. The van der Waals surface area contributed by atoms with Crippen LogP contribution in [-0.4, -0.2) is 44.2 Å². The van der Waals surface area contributed by atoms with Gasteiger partial charge in [-0.1, -0.05) is 6.92 Å². The van der Waals surface area contributed by atoms with E-state index < -0.39 is 20.9 Å². The number of sulfone groups is 1. The minimum absolute atomic E-state index is 0.0949.